The molecule has 0 bridgehead atoms. The van der Waals surface area contributed by atoms with E-state index in [1.54, 1.807) is 25.4 Å². The minimum absolute atomic E-state index is 0.119. The van der Waals surface area contributed by atoms with Gasteiger partial charge in [0.15, 0.2) is 18.9 Å². The van der Waals surface area contributed by atoms with Crippen molar-refractivity contribution in [1.82, 2.24) is 14.7 Å². The third kappa shape index (κ3) is 3.96. The maximum absolute atomic E-state index is 12.6. The first-order valence-corrected chi connectivity index (χ1v) is 9.75. The molecular formula is C23H24N5O2+. The van der Waals surface area contributed by atoms with Gasteiger partial charge in [0.2, 0.25) is 0 Å². The Balaban J connectivity index is 1.46. The number of amides is 1. The zero-order chi connectivity index (χ0) is 20.9. The van der Waals surface area contributed by atoms with Crippen LogP contribution in [0.25, 0.3) is 16.9 Å². The molecule has 30 heavy (non-hydrogen) atoms. The predicted molar refractivity (Wildman–Crippen MR) is 116 cm³/mol. The van der Waals surface area contributed by atoms with E-state index >= 15 is 0 Å². The van der Waals surface area contributed by atoms with Crippen molar-refractivity contribution >= 4 is 17.2 Å². The van der Waals surface area contributed by atoms with Gasteiger partial charge in [-0.1, -0.05) is 12.1 Å². The van der Waals surface area contributed by atoms with Crippen molar-refractivity contribution in [3.05, 3.63) is 78.9 Å². The van der Waals surface area contributed by atoms with Crippen molar-refractivity contribution in [3.63, 3.8) is 0 Å². The summed E-state index contributed by atoms with van der Waals surface area (Å²) >= 11 is 0. The van der Waals surface area contributed by atoms with Crippen LogP contribution in [0.1, 0.15) is 10.4 Å². The normalized spacial score (nSPS) is 10.7. The standard InChI is InChI=1S/C23H23N5O2/c1-24-18-8-11-27(12-9-18)14-10-25-23(29)17-7-13-28-20(16-26-22(28)15-17)19-5-3-4-6-21(19)30-2/h3-9,11-13,15-16H,10,14H2,1-2H3,(H,25,29)/p+1. The summed E-state index contributed by atoms with van der Waals surface area (Å²) in [5, 5.41) is 6.05. The summed E-state index contributed by atoms with van der Waals surface area (Å²) in [7, 11) is 3.54. The number of nitrogens with one attached hydrogen (secondary N) is 2. The molecule has 2 N–H and O–H groups in total. The summed E-state index contributed by atoms with van der Waals surface area (Å²) in [5.41, 5.74) is 4.20. The second-order valence-corrected chi connectivity index (χ2v) is 6.82. The van der Waals surface area contributed by atoms with Crippen LogP contribution in [0.4, 0.5) is 5.69 Å². The van der Waals surface area contributed by atoms with Crippen molar-refractivity contribution in [2.75, 3.05) is 26.0 Å². The Morgan fingerprint density at radius 3 is 2.73 bits per heavy atom. The molecule has 0 aliphatic rings. The van der Waals surface area contributed by atoms with Gasteiger partial charge in [0.1, 0.15) is 11.4 Å². The van der Waals surface area contributed by atoms with Gasteiger partial charge >= 0.3 is 0 Å². The molecule has 3 heterocycles. The van der Waals surface area contributed by atoms with E-state index in [-0.39, 0.29) is 5.91 Å². The second kappa shape index (κ2) is 8.65. The van der Waals surface area contributed by atoms with Crippen LogP contribution >= 0.6 is 0 Å². The number of anilines is 1. The highest BCUT2D eigenvalue weighted by Crippen LogP contribution is 2.30. The summed E-state index contributed by atoms with van der Waals surface area (Å²) in [4.78, 5) is 17.0. The lowest BCUT2D eigenvalue weighted by molar-refractivity contribution is -0.694. The highest BCUT2D eigenvalue weighted by Gasteiger charge is 2.13. The molecule has 0 atom stereocenters. The fourth-order valence-electron chi connectivity index (χ4n) is 3.35. The zero-order valence-corrected chi connectivity index (χ0v) is 17.0. The van der Waals surface area contributed by atoms with Gasteiger partial charge in [-0.2, -0.15) is 0 Å². The van der Waals surface area contributed by atoms with Crippen LogP contribution in [0.2, 0.25) is 0 Å². The van der Waals surface area contributed by atoms with Gasteiger partial charge in [-0.15, -0.1) is 0 Å². The molecule has 0 unspecified atom stereocenters. The highest BCUT2D eigenvalue weighted by atomic mass is 16.5. The molecule has 0 saturated heterocycles. The summed E-state index contributed by atoms with van der Waals surface area (Å²) in [6.07, 6.45) is 7.62. The minimum Gasteiger partial charge on any atom is -0.496 e. The smallest absolute Gasteiger partial charge is 0.251 e. The Labute approximate surface area is 175 Å². The van der Waals surface area contributed by atoms with Gasteiger partial charge in [-0.3, -0.25) is 9.20 Å². The summed E-state index contributed by atoms with van der Waals surface area (Å²) in [6.45, 7) is 1.23. The minimum atomic E-state index is -0.119. The first-order valence-electron chi connectivity index (χ1n) is 9.75. The Morgan fingerprint density at radius 2 is 1.97 bits per heavy atom. The zero-order valence-electron chi connectivity index (χ0n) is 17.0. The SMILES string of the molecule is CNc1cc[n+](CCNC(=O)c2ccn3c(-c4ccccc4OC)cnc3c2)cc1. The molecule has 152 valence electrons. The number of nitrogens with zero attached hydrogens (tertiary/aromatic N) is 3. The van der Waals surface area contributed by atoms with Crippen molar-refractivity contribution < 1.29 is 14.1 Å². The number of ether oxygens (including phenoxy) is 1. The second-order valence-electron chi connectivity index (χ2n) is 6.82. The van der Waals surface area contributed by atoms with Crippen LogP contribution in [-0.4, -0.2) is 36.0 Å². The molecule has 1 aromatic carbocycles. The lowest BCUT2D eigenvalue weighted by Crippen LogP contribution is -2.40. The van der Waals surface area contributed by atoms with Crippen molar-refractivity contribution in [1.29, 1.82) is 0 Å². The number of para-hydroxylation sites is 1. The number of aromatic nitrogens is 3. The number of pyridine rings is 2. The van der Waals surface area contributed by atoms with E-state index in [1.807, 2.05) is 71.0 Å². The highest BCUT2D eigenvalue weighted by molar-refractivity contribution is 5.95. The first kappa shape index (κ1) is 19.4. The summed E-state index contributed by atoms with van der Waals surface area (Å²) in [5.74, 6) is 0.660. The Morgan fingerprint density at radius 1 is 1.17 bits per heavy atom. The van der Waals surface area contributed by atoms with Gasteiger partial charge in [0.25, 0.3) is 5.91 Å². The average molecular weight is 402 g/mol. The average Bonchev–Trinajstić information content (AvgIpc) is 3.22. The van der Waals surface area contributed by atoms with E-state index in [0.717, 1.165) is 22.7 Å². The molecule has 0 aliphatic heterocycles. The maximum atomic E-state index is 12.6. The topological polar surface area (TPSA) is 71.5 Å². The molecule has 0 saturated carbocycles. The quantitative estimate of drug-likeness (QED) is 0.467. The van der Waals surface area contributed by atoms with E-state index in [4.69, 9.17) is 4.74 Å². The molecule has 7 nitrogen and oxygen atoms in total. The molecule has 0 fully saturated rings. The molecule has 7 heteroatoms. The van der Waals surface area contributed by atoms with Gasteiger partial charge in [-0.25, -0.2) is 9.55 Å². The van der Waals surface area contributed by atoms with Crippen LogP contribution in [0, 0.1) is 0 Å². The number of benzene rings is 1. The third-order valence-electron chi connectivity index (χ3n) is 4.99. The molecule has 0 radical (unpaired) electrons. The molecule has 4 aromatic rings. The van der Waals surface area contributed by atoms with Crippen molar-refractivity contribution in [2.45, 2.75) is 6.54 Å². The van der Waals surface area contributed by atoms with Crippen molar-refractivity contribution in [2.24, 2.45) is 0 Å². The number of carbonyl (C=O) groups is 1. The van der Waals surface area contributed by atoms with E-state index in [9.17, 15) is 4.79 Å². The summed E-state index contributed by atoms with van der Waals surface area (Å²) in [6, 6.07) is 15.4. The van der Waals surface area contributed by atoms with Crippen LogP contribution < -0.4 is 19.9 Å². The number of rotatable bonds is 7. The van der Waals surface area contributed by atoms with E-state index in [2.05, 4.69) is 15.6 Å². The number of hydrogen-bond acceptors (Lipinski definition) is 4. The first-order chi connectivity index (χ1) is 14.7. The largest absolute Gasteiger partial charge is 0.496 e. The summed E-state index contributed by atoms with van der Waals surface area (Å²) < 4.78 is 9.44. The third-order valence-corrected chi connectivity index (χ3v) is 4.99. The molecular weight excluding hydrogens is 378 g/mol. The van der Waals surface area contributed by atoms with Gasteiger partial charge < -0.3 is 15.4 Å². The number of imidazole rings is 1. The Kier molecular flexibility index (Phi) is 5.61. The molecule has 1 amide bonds. The predicted octanol–water partition coefficient (Wildman–Crippen LogP) is 2.77. The van der Waals surface area contributed by atoms with E-state index in [1.165, 1.54) is 0 Å². The lowest BCUT2D eigenvalue weighted by Gasteiger charge is -2.08. The lowest BCUT2D eigenvalue weighted by atomic mass is 10.1. The Hall–Kier alpha value is -3.87. The van der Waals surface area contributed by atoms with Crippen molar-refractivity contribution in [3.8, 4) is 17.0 Å². The monoisotopic (exact) mass is 402 g/mol. The van der Waals surface area contributed by atoms with E-state index in [0.29, 0.717) is 24.3 Å². The van der Waals surface area contributed by atoms with Gasteiger partial charge in [-0.05, 0) is 24.3 Å². The van der Waals surface area contributed by atoms with Crippen LogP contribution in [0.5, 0.6) is 5.75 Å². The Bertz CT molecular complexity index is 1170. The van der Waals surface area contributed by atoms with Crippen LogP contribution in [0.3, 0.4) is 0 Å². The maximum Gasteiger partial charge on any atom is 0.251 e. The van der Waals surface area contributed by atoms with Crippen LogP contribution in [0.15, 0.2) is 73.3 Å². The van der Waals surface area contributed by atoms with Gasteiger partial charge in [0.05, 0.1) is 25.5 Å². The number of fused-ring (bicyclic) bond motifs is 1. The number of hydrogen-bond donors (Lipinski definition) is 2. The molecule has 0 aliphatic carbocycles. The molecule has 3 aromatic heterocycles. The molecule has 4 rings (SSSR count). The fourth-order valence-corrected chi connectivity index (χ4v) is 3.35. The number of carbonyl (C=O) groups excluding carboxylic acids is 1. The number of methoxy groups -OCH3 is 1. The van der Waals surface area contributed by atoms with Gasteiger partial charge in [0, 0.05) is 42.2 Å². The van der Waals surface area contributed by atoms with E-state index < -0.39 is 0 Å². The fraction of sp³-hybridized carbons (Fsp3) is 0.174. The molecule has 0 spiro atoms. The van der Waals surface area contributed by atoms with Crippen LogP contribution in [-0.2, 0) is 6.54 Å².